The number of carbonyl (C=O) groups excluding carboxylic acids is 1. The summed E-state index contributed by atoms with van der Waals surface area (Å²) in [4.78, 5) is 11.7. The van der Waals surface area contributed by atoms with Gasteiger partial charge in [0.05, 0.1) is 16.3 Å². The van der Waals surface area contributed by atoms with Crippen molar-refractivity contribution >= 4 is 21.4 Å². The molecule has 0 bridgehead atoms. The summed E-state index contributed by atoms with van der Waals surface area (Å²) in [6, 6.07) is 3.57. The van der Waals surface area contributed by atoms with Gasteiger partial charge in [0.25, 0.3) is 0 Å². The van der Waals surface area contributed by atoms with E-state index in [1.54, 1.807) is 0 Å². The van der Waals surface area contributed by atoms with Crippen molar-refractivity contribution in [2.75, 3.05) is 11.1 Å². The number of anilines is 1. The molecule has 0 saturated carbocycles. The van der Waals surface area contributed by atoms with Gasteiger partial charge >= 0.3 is 0 Å². The molecule has 2 aromatic rings. The molecule has 1 amide bonds. The van der Waals surface area contributed by atoms with Crippen LogP contribution in [0, 0.1) is 0 Å². The zero-order valence-corrected chi connectivity index (χ0v) is 12.4. The van der Waals surface area contributed by atoms with Gasteiger partial charge in [0.2, 0.25) is 17.7 Å². The van der Waals surface area contributed by atoms with Gasteiger partial charge in [-0.25, -0.2) is 8.42 Å². The average molecular weight is 344 g/mol. The van der Waals surface area contributed by atoms with Gasteiger partial charge in [0.15, 0.2) is 9.84 Å². The van der Waals surface area contributed by atoms with E-state index in [0.717, 1.165) is 0 Å². The van der Waals surface area contributed by atoms with Crippen molar-refractivity contribution in [1.29, 1.82) is 0 Å². The lowest BCUT2D eigenvalue weighted by molar-refractivity contribution is -0.115. The average Bonchev–Trinajstić information content (AvgIpc) is 3.02. The first-order valence-corrected chi connectivity index (χ1v) is 8.08. The van der Waals surface area contributed by atoms with Crippen LogP contribution in [0.4, 0.5) is 5.69 Å². The van der Waals surface area contributed by atoms with Crippen LogP contribution in [-0.2, 0) is 20.0 Å². The lowest BCUT2D eigenvalue weighted by Gasteiger charge is -2.11. The van der Waals surface area contributed by atoms with Crippen molar-refractivity contribution in [2.24, 2.45) is 0 Å². The third kappa shape index (κ3) is 2.98. The summed E-state index contributed by atoms with van der Waals surface area (Å²) in [5.41, 5.74) is -3.55. The second-order valence-corrected chi connectivity index (χ2v) is 7.07. The van der Waals surface area contributed by atoms with Crippen molar-refractivity contribution in [1.82, 2.24) is 10.2 Å². The number of rotatable bonds is 1. The Bertz CT molecular complexity index is 1130. The molecule has 0 spiro atoms. The summed E-state index contributed by atoms with van der Waals surface area (Å²) >= 11 is 0. The fraction of sp³-hybridized carbons (Fsp3) is 0.400. The Morgan fingerprint density at radius 2 is 2.09 bits per heavy atom. The zero-order valence-electron chi connectivity index (χ0n) is 20.6. The predicted octanol–water partition coefficient (Wildman–Crippen LogP) is 2.15. The zero-order chi connectivity index (χ0) is 24.3. The van der Waals surface area contributed by atoms with Crippen LogP contribution in [0.5, 0.6) is 0 Å². The molecule has 1 aliphatic rings. The Hall–Kier alpha value is -2.22. The molecule has 2 heterocycles. The quantitative estimate of drug-likeness (QED) is 0.850. The molecule has 23 heavy (non-hydrogen) atoms. The second kappa shape index (κ2) is 5.16. The number of amides is 1. The first-order chi connectivity index (χ1) is 14.4. The van der Waals surface area contributed by atoms with Crippen molar-refractivity contribution in [3.63, 3.8) is 0 Å². The van der Waals surface area contributed by atoms with E-state index in [0.29, 0.717) is 0 Å². The molecular formula is C15H17N3O4S. The van der Waals surface area contributed by atoms with Crippen LogP contribution >= 0.6 is 0 Å². The maximum Gasteiger partial charge on any atom is 0.247 e. The van der Waals surface area contributed by atoms with Crippen LogP contribution in [0.2, 0.25) is 0 Å². The van der Waals surface area contributed by atoms with E-state index >= 15 is 0 Å². The maximum atomic E-state index is 12.3. The van der Waals surface area contributed by atoms with Gasteiger partial charge in [-0.3, -0.25) is 4.79 Å². The molecule has 0 atom stereocenters. The number of hydrogen-bond acceptors (Lipinski definition) is 6. The van der Waals surface area contributed by atoms with Crippen LogP contribution in [-0.4, -0.2) is 30.3 Å². The van der Waals surface area contributed by atoms with Crippen molar-refractivity contribution in [3.05, 3.63) is 24.1 Å². The summed E-state index contributed by atoms with van der Waals surface area (Å²) in [5, 5.41) is 9.45. The molecular weight excluding hydrogens is 318 g/mol. The summed E-state index contributed by atoms with van der Waals surface area (Å²) in [5.74, 6) is -2.55. The molecule has 0 radical (unpaired) electrons. The molecule has 1 N–H and O–H groups in total. The third-order valence-electron chi connectivity index (χ3n) is 3.18. The minimum absolute atomic E-state index is 0.00965. The normalized spacial score (nSPS) is 24.7. The van der Waals surface area contributed by atoms with E-state index < -0.39 is 59.2 Å². The molecule has 0 aliphatic carbocycles. The number of hydrogen-bond donors (Lipinski definition) is 1. The Morgan fingerprint density at radius 1 is 1.30 bits per heavy atom. The molecule has 0 unspecified atom stereocenters. The van der Waals surface area contributed by atoms with Crippen LogP contribution in [0.1, 0.15) is 45.2 Å². The SMILES string of the molecule is [2H]C([2H])([2H])C(c1nnc(-c2ccc3c(c2)NC(=O)CCS3(=O)=O)o1)(C([2H])([2H])[2H])C([2H])([2H])[2H]. The molecule has 122 valence electrons. The fourth-order valence-electron chi connectivity index (χ4n) is 2.07. The van der Waals surface area contributed by atoms with E-state index in [-0.39, 0.29) is 22.6 Å². The molecule has 3 rings (SSSR count). The summed E-state index contributed by atoms with van der Waals surface area (Å²) in [6.07, 6.45) is -0.255. The summed E-state index contributed by atoms with van der Waals surface area (Å²) in [6.45, 7) is -10.7. The van der Waals surface area contributed by atoms with Crippen LogP contribution < -0.4 is 5.32 Å². The van der Waals surface area contributed by atoms with Crippen LogP contribution in [0.25, 0.3) is 11.5 Å². The van der Waals surface area contributed by atoms with Crippen molar-refractivity contribution in [2.45, 2.75) is 37.3 Å². The number of nitrogens with zero attached hydrogens (tertiary/aromatic N) is 2. The number of nitrogens with one attached hydrogen (secondary N) is 1. The number of carbonyl (C=O) groups is 1. The van der Waals surface area contributed by atoms with Gasteiger partial charge in [-0.2, -0.15) is 0 Å². The topological polar surface area (TPSA) is 102 Å². The Kier molecular flexibility index (Phi) is 1.80. The first kappa shape index (κ1) is 8.05. The highest BCUT2D eigenvalue weighted by atomic mass is 32.2. The molecule has 1 aliphatic heterocycles. The standard InChI is InChI=1S/C15H17N3O4S/c1-15(2,3)14-18-17-13(22-14)9-4-5-11-10(8-9)16-12(19)6-7-23(11,20)21/h4-5,8H,6-7H2,1-3H3,(H,16,19)/i1D3,2D3,3D3. The molecule has 0 saturated heterocycles. The number of fused-ring (bicyclic) bond motifs is 1. The molecule has 1 aromatic carbocycles. The van der Waals surface area contributed by atoms with E-state index in [9.17, 15) is 13.2 Å². The van der Waals surface area contributed by atoms with Crippen molar-refractivity contribution < 1.29 is 30.0 Å². The number of sulfone groups is 1. The highest BCUT2D eigenvalue weighted by Crippen LogP contribution is 2.32. The highest BCUT2D eigenvalue weighted by Gasteiger charge is 2.27. The second-order valence-electron chi connectivity index (χ2n) is 4.99. The smallest absolute Gasteiger partial charge is 0.247 e. The minimum atomic E-state index is -3.76. The van der Waals surface area contributed by atoms with Gasteiger partial charge in [0, 0.05) is 29.7 Å². The summed E-state index contributed by atoms with van der Waals surface area (Å²) < 4.78 is 99.1. The lowest BCUT2D eigenvalue weighted by atomic mass is 9.97. The van der Waals surface area contributed by atoms with Gasteiger partial charge in [0.1, 0.15) is 0 Å². The number of aromatic nitrogens is 2. The Balaban J connectivity index is 2.19. The van der Waals surface area contributed by atoms with Gasteiger partial charge in [-0.1, -0.05) is 20.6 Å². The van der Waals surface area contributed by atoms with Gasteiger partial charge < -0.3 is 9.73 Å². The Labute approximate surface area is 146 Å². The monoisotopic (exact) mass is 344 g/mol. The van der Waals surface area contributed by atoms with Crippen molar-refractivity contribution in [3.8, 4) is 11.5 Å². The Morgan fingerprint density at radius 3 is 2.83 bits per heavy atom. The molecule has 1 aromatic heterocycles. The summed E-state index contributed by atoms with van der Waals surface area (Å²) in [7, 11) is -3.76. The highest BCUT2D eigenvalue weighted by molar-refractivity contribution is 7.91. The van der Waals surface area contributed by atoms with Gasteiger partial charge in [-0.15, -0.1) is 10.2 Å². The number of benzene rings is 1. The van der Waals surface area contributed by atoms with E-state index in [4.69, 9.17) is 16.8 Å². The largest absolute Gasteiger partial charge is 0.420 e. The van der Waals surface area contributed by atoms with E-state index in [1.807, 2.05) is 0 Å². The predicted molar refractivity (Wildman–Crippen MR) is 83.7 cm³/mol. The minimum Gasteiger partial charge on any atom is -0.420 e. The first-order valence-electron chi connectivity index (χ1n) is 10.9. The molecule has 0 fully saturated rings. The van der Waals surface area contributed by atoms with Crippen LogP contribution in [0.3, 0.4) is 0 Å². The lowest BCUT2D eigenvalue weighted by Crippen LogP contribution is -2.11. The van der Waals surface area contributed by atoms with Gasteiger partial charge in [-0.05, 0) is 18.2 Å². The maximum absolute atomic E-state index is 12.3. The van der Waals surface area contributed by atoms with E-state index in [1.165, 1.54) is 18.2 Å². The molecule has 8 heteroatoms. The fourth-order valence-corrected chi connectivity index (χ4v) is 3.47. The van der Waals surface area contributed by atoms with E-state index in [2.05, 4.69) is 15.5 Å². The molecule has 7 nitrogen and oxygen atoms in total. The third-order valence-corrected chi connectivity index (χ3v) is 4.95. The van der Waals surface area contributed by atoms with Crippen LogP contribution in [0.15, 0.2) is 27.5 Å².